The topological polar surface area (TPSA) is 96.2 Å². The highest BCUT2D eigenvalue weighted by molar-refractivity contribution is 5.80. The molecule has 0 bridgehead atoms. The van der Waals surface area contributed by atoms with Crippen LogP contribution in [0.15, 0.2) is 6.07 Å². The summed E-state index contributed by atoms with van der Waals surface area (Å²) in [4.78, 5) is 20.0. The van der Waals surface area contributed by atoms with Gasteiger partial charge in [0.2, 0.25) is 11.9 Å². The van der Waals surface area contributed by atoms with E-state index in [1.165, 1.54) is 11.9 Å². The molecule has 4 N–H and O–H groups in total. The monoisotopic (exact) mass is 306 g/mol. The third-order valence-corrected chi connectivity index (χ3v) is 2.56. The first kappa shape index (κ1) is 17.0. The lowest BCUT2D eigenvalue weighted by Gasteiger charge is -2.23. The quantitative estimate of drug-likeness (QED) is 0.530. The Morgan fingerprint density at radius 2 is 2.10 bits per heavy atom. The SMILES string of the molecule is CCCN(CC(=O)NC)c1cc(C(F)(F)F)nc(NN)n1. The second kappa shape index (κ2) is 7.07. The Hall–Kier alpha value is -2.10. The summed E-state index contributed by atoms with van der Waals surface area (Å²) in [5, 5.41) is 2.41. The smallest absolute Gasteiger partial charge is 0.358 e. The van der Waals surface area contributed by atoms with E-state index in [0.717, 1.165) is 6.07 Å². The Bertz CT molecular complexity index is 493. The van der Waals surface area contributed by atoms with Crippen molar-refractivity contribution in [1.82, 2.24) is 15.3 Å². The van der Waals surface area contributed by atoms with E-state index in [4.69, 9.17) is 5.84 Å². The molecule has 21 heavy (non-hydrogen) atoms. The Morgan fingerprint density at radius 1 is 1.43 bits per heavy atom. The highest BCUT2D eigenvalue weighted by Crippen LogP contribution is 2.30. The molecule has 1 heterocycles. The van der Waals surface area contributed by atoms with Crippen molar-refractivity contribution in [2.45, 2.75) is 19.5 Å². The van der Waals surface area contributed by atoms with Crippen LogP contribution in [0.5, 0.6) is 0 Å². The minimum absolute atomic E-state index is 0.0178. The van der Waals surface area contributed by atoms with Crippen molar-refractivity contribution in [3.63, 3.8) is 0 Å². The van der Waals surface area contributed by atoms with Crippen molar-refractivity contribution in [2.75, 3.05) is 30.5 Å². The molecule has 1 amide bonds. The van der Waals surface area contributed by atoms with E-state index in [1.54, 1.807) is 0 Å². The summed E-state index contributed by atoms with van der Waals surface area (Å²) >= 11 is 0. The van der Waals surface area contributed by atoms with Crippen LogP contribution in [0.1, 0.15) is 19.0 Å². The lowest BCUT2D eigenvalue weighted by molar-refractivity contribution is -0.141. The maximum atomic E-state index is 12.8. The van der Waals surface area contributed by atoms with Gasteiger partial charge in [-0.05, 0) is 6.42 Å². The number of amides is 1. The molecule has 0 aliphatic rings. The molecule has 118 valence electrons. The van der Waals surface area contributed by atoms with E-state index in [9.17, 15) is 18.0 Å². The first-order valence-corrected chi connectivity index (χ1v) is 6.20. The van der Waals surface area contributed by atoms with Crippen LogP contribution >= 0.6 is 0 Å². The predicted octanol–water partition coefficient (Wildman–Crippen LogP) is 0.743. The molecule has 0 unspecified atom stereocenters. The Kier molecular flexibility index (Phi) is 5.70. The van der Waals surface area contributed by atoms with E-state index < -0.39 is 11.9 Å². The van der Waals surface area contributed by atoms with E-state index in [0.29, 0.717) is 13.0 Å². The maximum absolute atomic E-state index is 12.8. The van der Waals surface area contributed by atoms with E-state index in [-0.39, 0.29) is 24.2 Å². The summed E-state index contributed by atoms with van der Waals surface area (Å²) in [7, 11) is 1.44. The molecule has 10 heteroatoms. The van der Waals surface area contributed by atoms with Crippen LogP contribution in [0, 0.1) is 0 Å². The van der Waals surface area contributed by atoms with Gasteiger partial charge in [0.15, 0.2) is 5.69 Å². The fourth-order valence-corrected chi connectivity index (χ4v) is 1.60. The van der Waals surface area contributed by atoms with Crippen LogP contribution in [-0.2, 0) is 11.0 Å². The number of carbonyl (C=O) groups is 1. The number of nitrogens with zero attached hydrogens (tertiary/aromatic N) is 3. The van der Waals surface area contributed by atoms with Crippen LogP contribution in [0.4, 0.5) is 24.9 Å². The fraction of sp³-hybridized carbons (Fsp3) is 0.545. The molecule has 0 saturated heterocycles. The van der Waals surface area contributed by atoms with Crippen molar-refractivity contribution < 1.29 is 18.0 Å². The molecule has 0 aliphatic heterocycles. The normalized spacial score (nSPS) is 11.1. The summed E-state index contributed by atoms with van der Waals surface area (Å²) in [6.07, 6.45) is -4.00. The number of nitrogen functional groups attached to an aromatic ring is 1. The number of nitrogens with one attached hydrogen (secondary N) is 2. The van der Waals surface area contributed by atoms with Gasteiger partial charge in [0.1, 0.15) is 5.82 Å². The van der Waals surface area contributed by atoms with Crippen molar-refractivity contribution in [3.8, 4) is 0 Å². The number of nitrogens with two attached hydrogens (primary N) is 1. The number of carbonyl (C=O) groups excluding carboxylic acids is 1. The molecule has 0 atom stereocenters. The van der Waals surface area contributed by atoms with E-state index in [1.807, 2.05) is 12.3 Å². The number of anilines is 2. The van der Waals surface area contributed by atoms with Crippen molar-refractivity contribution in [1.29, 1.82) is 0 Å². The fourth-order valence-electron chi connectivity index (χ4n) is 1.60. The third-order valence-electron chi connectivity index (χ3n) is 2.56. The summed E-state index contributed by atoms with van der Waals surface area (Å²) in [6.45, 7) is 2.10. The zero-order valence-corrected chi connectivity index (χ0v) is 11.7. The second-order valence-electron chi connectivity index (χ2n) is 4.17. The molecule has 1 aromatic heterocycles. The number of hydrogen-bond acceptors (Lipinski definition) is 6. The predicted molar refractivity (Wildman–Crippen MR) is 71.4 cm³/mol. The maximum Gasteiger partial charge on any atom is 0.433 e. The minimum atomic E-state index is -4.63. The Morgan fingerprint density at radius 3 is 2.57 bits per heavy atom. The van der Waals surface area contributed by atoms with Gasteiger partial charge in [-0.2, -0.15) is 18.2 Å². The van der Waals surface area contributed by atoms with Crippen LogP contribution < -0.4 is 21.5 Å². The van der Waals surface area contributed by atoms with Crippen molar-refractivity contribution in [2.24, 2.45) is 5.84 Å². The zero-order valence-electron chi connectivity index (χ0n) is 11.7. The minimum Gasteiger partial charge on any atom is -0.358 e. The standard InChI is InChI=1S/C11H17F3N6O/c1-3-4-20(6-9(21)16-2)8-5-7(11(12,13)14)17-10(18-8)19-15/h5H,3-4,6,15H2,1-2H3,(H,16,21)(H,17,18,19). The first-order chi connectivity index (χ1) is 9.81. The number of halogens is 3. The summed E-state index contributed by atoms with van der Waals surface area (Å²) in [6, 6.07) is 0.791. The molecular formula is C11H17F3N6O. The number of aromatic nitrogens is 2. The molecule has 1 aromatic rings. The van der Waals surface area contributed by atoms with Gasteiger partial charge in [0, 0.05) is 19.7 Å². The lowest BCUT2D eigenvalue weighted by Crippen LogP contribution is -2.37. The third kappa shape index (κ3) is 4.74. The molecule has 0 aliphatic carbocycles. The average Bonchev–Trinajstić information content (AvgIpc) is 2.45. The zero-order chi connectivity index (χ0) is 16.0. The summed E-state index contributed by atoms with van der Waals surface area (Å²) in [5.74, 6) is 4.38. The lowest BCUT2D eigenvalue weighted by atomic mass is 10.3. The van der Waals surface area contributed by atoms with Gasteiger partial charge in [-0.25, -0.2) is 10.8 Å². The molecule has 0 aromatic carbocycles. The van der Waals surface area contributed by atoms with Gasteiger partial charge in [0.05, 0.1) is 6.54 Å². The largest absolute Gasteiger partial charge is 0.433 e. The van der Waals surface area contributed by atoms with Crippen LogP contribution in [0.2, 0.25) is 0 Å². The van der Waals surface area contributed by atoms with Gasteiger partial charge in [-0.3, -0.25) is 10.2 Å². The number of rotatable bonds is 6. The number of alkyl halides is 3. The Labute approximate surface area is 119 Å². The highest BCUT2D eigenvalue weighted by Gasteiger charge is 2.34. The molecule has 1 rings (SSSR count). The number of hydrogen-bond donors (Lipinski definition) is 3. The van der Waals surface area contributed by atoms with Gasteiger partial charge in [-0.15, -0.1) is 0 Å². The molecule has 0 fully saturated rings. The van der Waals surface area contributed by atoms with Crippen LogP contribution in [0.25, 0.3) is 0 Å². The van der Waals surface area contributed by atoms with Crippen molar-refractivity contribution in [3.05, 3.63) is 11.8 Å². The van der Waals surface area contributed by atoms with Crippen molar-refractivity contribution >= 4 is 17.7 Å². The molecule has 0 spiro atoms. The Balaban J connectivity index is 3.20. The van der Waals surface area contributed by atoms with Gasteiger partial charge in [-0.1, -0.05) is 6.92 Å². The van der Waals surface area contributed by atoms with Gasteiger partial charge < -0.3 is 10.2 Å². The molecule has 0 radical (unpaired) electrons. The summed E-state index contributed by atoms with van der Waals surface area (Å²) < 4.78 is 38.4. The first-order valence-electron chi connectivity index (χ1n) is 6.20. The molecule has 0 saturated carbocycles. The highest BCUT2D eigenvalue weighted by atomic mass is 19.4. The van der Waals surface area contributed by atoms with Crippen LogP contribution in [0.3, 0.4) is 0 Å². The second-order valence-corrected chi connectivity index (χ2v) is 4.17. The van der Waals surface area contributed by atoms with Crippen LogP contribution in [-0.4, -0.2) is 36.0 Å². The van der Waals surface area contributed by atoms with E-state index in [2.05, 4.69) is 15.3 Å². The number of hydrazine groups is 1. The van der Waals surface area contributed by atoms with Gasteiger partial charge >= 0.3 is 6.18 Å². The summed E-state index contributed by atoms with van der Waals surface area (Å²) in [5.41, 5.74) is 0.868. The molecule has 7 nitrogen and oxygen atoms in total. The van der Waals surface area contributed by atoms with Gasteiger partial charge in [0.25, 0.3) is 0 Å². The average molecular weight is 306 g/mol. The van der Waals surface area contributed by atoms with E-state index >= 15 is 0 Å². The number of likely N-dealkylation sites (N-methyl/N-ethyl adjacent to an activating group) is 1. The molecular weight excluding hydrogens is 289 g/mol.